The van der Waals surface area contributed by atoms with E-state index >= 15 is 0 Å². The van der Waals surface area contributed by atoms with E-state index in [1.807, 2.05) is 0 Å². The molecule has 0 saturated heterocycles. The number of non-ortho nitro benzene ring substituents is 1. The number of ether oxygens (including phenoxy) is 1. The maximum Gasteiger partial charge on any atom is 0.269 e. The fraction of sp³-hybridized carbons (Fsp3) is 0.222. The second kappa shape index (κ2) is 4.41. The third-order valence-corrected chi connectivity index (χ3v) is 1.80. The molecule has 0 saturated carbocycles. The van der Waals surface area contributed by atoms with E-state index in [-0.39, 0.29) is 11.5 Å². The highest BCUT2D eigenvalue weighted by atomic mass is 16.6. The Labute approximate surface area is 86.3 Å². The van der Waals surface area contributed by atoms with E-state index in [1.54, 1.807) is 6.92 Å². The number of nitrogens with zero attached hydrogens (tertiary/aromatic N) is 1. The summed E-state index contributed by atoms with van der Waals surface area (Å²) < 4.78 is 5.24. The van der Waals surface area contributed by atoms with Crippen molar-refractivity contribution in [3.8, 4) is 5.75 Å². The van der Waals surface area contributed by atoms with E-state index in [9.17, 15) is 10.1 Å². The van der Waals surface area contributed by atoms with Gasteiger partial charge in [-0.1, -0.05) is 0 Å². The van der Waals surface area contributed by atoms with Crippen LogP contribution in [0, 0.1) is 15.5 Å². The first-order chi connectivity index (χ1) is 7.00. The van der Waals surface area contributed by atoms with Gasteiger partial charge in [-0.15, -0.1) is 0 Å². The molecule has 0 fully saturated rings. The molecule has 1 aromatic rings. The van der Waals surface area contributed by atoms with Crippen LogP contribution in [0.3, 0.4) is 0 Å². The highest BCUT2D eigenvalue weighted by molar-refractivity contribution is 5.81. The molecule has 1 unspecified atom stereocenters. The smallest absolute Gasteiger partial charge is 0.269 e. The largest absolute Gasteiger partial charge is 0.483 e. The summed E-state index contributed by atoms with van der Waals surface area (Å²) in [5, 5.41) is 17.5. The summed E-state index contributed by atoms with van der Waals surface area (Å²) in [4.78, 5) is 9.87. The lowest BCUT2D eigenvalue weighted by Gasteiger charge is -2.12. The van der Waals surface area contributed by atoms with E-state index in [1.165, 1.54) is 24.3 Å². The van der Waals surface area contributed by atoms with Crippen LogP contribution in [-0.2, 0) is 0 Å². The van der Waals surface area contributed by atoms with Crippen LogP contribution >= 0.6 is 0 Å². The lowest BCUT2D eigenvalue weighted by atomic mass is 10.3. The molecule has 15 heavy (non-hydrogen) atoms. The Bertz CT molecular complexity index is 375. The monoisotopic (exact) mass is 209 g/mol. The van der Waals surface area contributed by atoms with Crippen LogP contribution in [-0.4, -0.2) is 16.9 Å². The minimum Gasteiger partial charge on any atom is -0.483 e. The summed E-state index contributed by atoms with van der Waals surface area (Å²) in [6.45, 7) is 1.63. The van der Waals surface area contributed by atoms with Crippen LogP contribution in [0.1, 0.15) is 6.92 Å². The van der Waals surface area contributed by atoms with Crippen molar-refractivity contribution in [2.45, 2.75) is 13.0 Å². The zero-order chi connectivity index (χ0) is 11.4. The fourth-order valence-corrected chi connectivity index (χ4v) is 0.914. The van der Waals surface area contributed by atoms with Gasteiger partial charge in [-0.2, -0.15) is 0 Å². The second-order valence-corrected chi connectivity index (χ2v) is 2.97. The Balaban J connectivity index is 2.72. The molecule has 0 aromatic heterocycles. The zero-order valence-electron chi connectivity index (χ0n) is 8.14. The van der Waals surface area contributed by atoms with Gasteiger partial charge in [-0.25, -0.2) is 0 Å². The Morgan fingerprint density at radius 3 is 2.47 bits per heavy atom. The molecule has 1 atom stereocenters. The fourth-order valence-electron chi connectivity index (χ4n) is 0.914. The van der Waals surface area contributed by atoms with Crippen LogP contribution in [0.4, 0.5) is 5.69 Å². The molecular weight excluding hydrogens is 198 g/mol. The molecule has 0 aliphatic carbocycles. The number of nitrogens with two attached hydrogens (primary N) is 1. The predicted octanol–water partition coefficient (Wildman–Crippen LogP) is 1.30. The van der Waals surface area contributed by atoms with Gasteiger partial charge in [-0.3, -0.25) is 15.5 Å². The highest BCUT2D eigenvalue weighted by Crippen LogP contribution is 2.18. The molecule has 80 valence electrons. The van der Waals surface area contributed by atoms with Gasteiger partial charge < -0.3 is 10.5 Å². The second-order valence-electron chi connectivity index (χ2n) is 2.97. The average Bonchev–Trinajstić information content (AvgIpc) is 2.18. The van der Waals surface area contributed by atoms with E-state index in [0.29, 0.717) is 5.75 Å². The van der Waals surface area contributed by atoms with Crippen molar-refractivity contribution in [3.63, 3.8) is 0 Å². The summed E-state index contributed by atoms with van der Waals surface area (Å²) in [6.07, 6.45) is -0.536. The molecular formula is C9H11N3O3. The molecule has 0 spiro atoms. The van der Waals surface area contributed by atoms with E-state index in [2.05, 4.69) is 0 Å². The van der Waals surface area contributed by atoms with Crippen LogP contribution in [0.15, 0.2) is 24.3 Å². The summed E-state index contributed by atoms with van der Waals surface area (Å²) in [5.41, 5.74) is 5.21. The summed E-state index contributed by atoms with van der Waals surface area (Å²) in [7, 11) is 0. The minimum atomic E-state index is -0.536. The standard InChI is InChI=1S/C9H11N3O3/c1-6(9(10)11)15-8-4-2-7(3-5-8)12(13)14/h2-6H,1H3,(H3,10,11). The maximum atomic E-state index is 10.4. The quantitative estimate of drug-likeness (QED) is 0.337. The molecule has 0 radical (unpaired) electrons. The molecule has 6 nitrogen and oxygen atoms in total. The third kappa shape index (κ3) is 2.94. The molecule has 6 heteroatoms. The van der Waals surface area contributed by atoms with Crippen LogP contribution < -0.4 is 10.5 Å². The molecule has 1 rings (SSSR count). The molecule has 0 bridgehead atoms. The Kier molecular flexibility index (Phi) is 3.22. The Morgan fingerprint density at radius 1 is 1.53 bits per heavy atom. The topological polar surface area (TPSA) is 102 Å². The van der Waals surface area contributed by atoms with Gasteiger partial charge >= 0.3 is 0 Å². The maximum absolute atomic E-state index is 10.4. The number of rotatable bonds is 4. The SMILES string of the molecule is CC(Oc1ccc([N+](=O)[O-])cc1)C(=N)N. The van der Waals surface area contributed by atoms with Gasteiger partial charge in [0.1, 0.15) is 11.6 Å². The van der Waals surface area contributed by atoms with Crippen molar-refractivity contribution >= 4 is 11.5 Å². The highest BCUT2D eigenvalue weighted by Gasteiger charge is 2.08. The van der Waals surface area contributed by atoms with Crippen molar-refractivity contribution in [2.24, 2.45) is 5.73 Å². The molecule has 1 aromatic carbocycles. The summed E-state index contributed by atoms with van der Waals surface area (Å²) in [6, 6.07) is 5.61. The Hall–Kier alpha value is -2.11. The van der Waals surface area contributed by atoms with Crippen LogP contribution in [0.2, 0.25) is 0 Å². The van der Waals surface area contributed by atoms with Crippen molar-refractivity contribution in [2.75, 3.05) is 0 Å². The van der Waals surface area contributed by atoms with E-state index in [0.717, 1.165) is 0 Å². The first-order valence-electron chi connectivity index (χ1n) is 4.25. The number of hydrogen-bond acceptors (Lipinski definition) is 4. The summed E-state index contributed by atoms with van der Waals surface area (Å²) >= 11 is 0. The first kappa shape index (κ1) is 11.0. The van der Waals surface area contributed by atoms with Crippen molar-refractivity contribution < 1.29 is 9.66 Å². The van der Waals surface area contributed by atoms with Crippen LogP contribution in [0.5, 0.6) is 5.75 Å². The van der Waals surface area contributed by atoms with Gasteiger partial charge in [-0.05, 0) is 19.1 Å². The number of nitro groups is 1. The predicted molar refractivity (Wildman–Crippen MR) is 55.1 cm³/mol. The lowest BCUT2D eigenvalue weighted by Crippen LogP contribution is -2.29. The van der Waals surface area contributed by atoms with Crippen molar-refractivity contribution in [1.82, 2.24) is 0 Å². The normalized spacial score (nSPS) is 11.8. The number of nitrogens with one attached hydrogen (secondary N) is 1. The average molecular weight is 209 g/mol. The molecule has 0 aliphatic heterocycles. The third-order valence-electron chi connectivity index (χ3n) is 1.80. The minimum absolute atomic E-state index is 0.00201. The van der Waals surface area contributed by atoms with Crippen LogP contribution in [0.25, 0.3) is 0 Å². The molecule has 3 N–H and O–H groups in total. The van der Waals surface area contributed by atoms with Crippen molar-refractivity contribution in [1.29, 1.82) is 5.41 Å². The van der Waals surface area contributed by atoms with Gasteiger partial charge in [0.25, 0.3) is 5.69 Å². The molecule has 0 aliphatic rings. The zero-order valence-corrected chi connectivity index (χ0v) is 8.14. The van der Waals surface area contributed by atoms with Gasteiger partial charge in [0.2, 0.25) is 0 Å². The lowest BCUT2D eigenvalue weighted by molar-refractivity contribution is -0.384. The number of amidine groups is 1. The van der Waals surface area contributed by atoms with E-state index in [4.69, 9.17) is 15.9 Å². The Morgan fingerprint density at radius 2 is 2.07 bits per heavy atom. The first-order valence-corrected chi connectivity index (χ1v) is 4.25. The molecule has 0 heterocycles. The number of hydrogen-bond donors (Lipinski definition) is 2. The number of nitro benzene ring substituents is 1. The molecule has 0 amide bonds. The van der Waals surface area contributed by atoms with Crippen molar-refractivity contribution in [3.05, 3.63) is 34.4 Å². The van der Waals surface area contributed by atoms with Gasteiger partial charge in [0, 0.05) is 12.1 Å². The number of benzene rings is 1. The van der Waals surface area contributed by atoms with Gasteiger partial charge in [0.15, 0.2) is 6.10 Å². The van der Waals surface area contributed by atoms with E-state index < -0.39 is 11.0 Å². The summed E-state index contributed by atoms with van der Waals surface area (Å²) in [5.74, 6) is 0.358. The van der Waals surface area contributed by atoms with Gasteiger partial charge in [0.05, 0.1) is 4.92 Å².